The van der Waals surface area contributed by atoms with Gasteiger partial charge in [-0.05, 0) is 13.8 Å². The van der Waals surface area contributed by atoms with Gasteiger partial charge in [0.05, 0.1) is 25.9 Å². The predicted molar refractivity (Wildman–Crippen MR) is 39.0 cm³/mol. The van der Waals surface area contributed by atoms with E-state index >= 15 is 0 Å². The largest absolute Gasteiger partial charge is 0.394 e. The molecule has 0 aliphatic rings. The van der Waals surface area contributed by atoms with Crippen LogP contribution in [0.5, 0.6) is 0 Å². The Labute approximate surface area is 62.0 Å². The van der Waals surface area contributed by atoms with E-state index in [4.69, 9.17) is 14.6 Å². The van der Waals surface area contributed by atoms with E-state index in [0.717, 1.165) is 0 Å². The van der Waals surface area contributed by atoms with E-state index in [9.17, 15) is 0 Å². The predicted octanol–water partition coefficient (Wildman–Crippen LogP) is 0.420. The molecular weight excluding hydrogens is 132 g/mol. The third-order valence-electron chi connectivity index (χ3n) is 1.04. The van der Waals surface area contributed by atoms with Crippen molar-refractivity contribution in [2.24, 2.45) is 0 Å². The summed E-state index contributed by atoms with van der Waals surface area (Å²) in [5, 5.41) is 8.34. The van der Waals surface area contributed by atoms with Crippen molar-refractivity contribution in [3.05, 3.63) is 0 Å². The van der Waals surface area contributed by atoms with Crippen molar-refractivity contribution in [3.8, 4) is 0 Å². The number of ether oxygens (including phenoxy) is 2. The van der Waals surface area contributed by atoms with E-state index < -0.39 is 0 Å². The average Bonchev–Trinajstić information content (AvgIpc) is 1.89. The Bertz CT molecular complexity index is 65.9. The lowest BCUT2D eigenvalue weighted by Crippen LogP contribution is -2.16. The molecule has 0 radical (unpaired) electrons. The molecule has 0 fully saturated rings. The zero-order chi connectivity index (χ0) is 7.82. The number of aliphatic hydroxyl groups is 1. The molecule has 0 heterocycles. The summed E-state index contributed by atoms with van der Waals surface area (Å²) in [6, 6.07) is 0. The maximum Gasteiger partial charge on any atom is 0.0780 e. The normalized spacial score (nSPS) is 13.5. The highest BCUT2D eigenvalue weighted by molar-refractivity contribution is 4.44. The van der Waals surface area contributed by atoms with Crippen LogP contribution in [0.1, 0.15) is 13.8 Å². The maximum absolute atomic E-state index is 8.34. The van der Waals surface area contributed by atoms with Gasteiger partial charge in [-0.1, -0.05) is 0 Å². The molecule has 0 saturated heterocycles. The molecule has 0 saturated carbocycles. The minimum absolute atomic E-state index is 0.0822. The number of rotatable bonds is 6. The summed E-state index contributed by atoms with van der Waals surface area (Å²) in [6.07, 6.45) is 0.136. The van der Waals surface area contributed by atoms with Crippen LogP contribution in [0.25, 0.3) is 0 Å². The molecule has 10 heavy (non-hydrogen) atoms. The van der Waals surface area contributed by atoms with Crippen LogP contribution in [0.4, 0.5) is 0 Å². The van der Waals surface area contributed by atoms with Crippen molar-refractivity contribution in [2.45, 2.75) is 20.0 Å². The second kappa shape index (κ2) is 6.99. The Kier molecular flexibility index (Phi) is 6.91. The SMILES string of the molecule is CCOC(C)COCCO. The lowest BCUT2D eigenvalue weighted by Gasteiger charge is -2.10. The van der Waals surface area contributed by atoms with Gasteiger partial charge in [0.1, 0.15) is 0 Å². The molecule has 0 rings (SSSR count). The second-order valence-electron chi connectivity index (χ2n) is 2.06. The molecule has 1 atom stereocenters. The molecule has 0 aromatic rings. The summed E-state index contributed by atoms with van der Waals surface area (Å²) >= 11 is 0. The van der Waals surface area contributed by atoms with Crippen LogP contribution in [0, 0.1) is 0 Å². The number of aliphatic hydroxyl groups excluding tert-OH is 1. The molecule has 0 aliphatic carbocycles. The average molecular weight is 148 g/mol. The van der Waals surface area contributed by atoms with Crippen molar-refractivity contribution in [2.75, 3.05) is 26.4 Å². The van der Waals surface area contributed by atoms with E-state index in [-0.39, 0.29) is 12.7 Å². The van der Waals surface area contributed by atoms with E-state index in [0.29, 0.717) is 19.8 Å². The topological polar surface area (TPSA) is 38.7 Å². The summed E-state index contributed by atoms with van der Waals surface area (Å²) in [5.41, 5.74) is 0. The first-order chi connectivity index (χ1) is 4.81. The fourth-order valence-electron chi connectivity index (χ4n) is 0.646. The molecule has 0 aromatic heterocycles. The molecule has 62 valence electrons. The van der Waals surface area contributed by atoms with Gasteiger partial charge in [0.15, 0.2) is 0 Å². The highest BCUT2D eigenvalue weighted by atomic mass is 16.5. The van der Waals surface area contributed by atoms with Crippen LogP contribution in [-0.2, 0) is 9.47 Å². The molecule has 0 spiro atoms. The van der Waals surface area contributed by atoms with Gasteiger partial charge in [-0.2, -0.15) is 0 Å². The molecule has 0 aromatic carbocycles. The molecular formula is C7H16O3. The Morgan fingerprint density at radius 1 is 1.50 bits per heavy atom. The maximum atomic E-state index is 8.34. The Morgan fingerprint density at radius 2 is 2.20 bits per heavy atom. The van der Waals surface area contributed by atoms with Crippen LogP contribution < -0.4 is 0 Å². The quantitative estimate of drug-likeness (QED) is 0.555. The van der Waals surface area contributed by atoms with Gasteiger partial charge >= 0.3 is 0 Å². The number of hydrogen-bond donors (Lipinski definition) is 1. The smallest absolute Gasteiger partial charge is 0.0780 e. The molecule has 0 bridgehead atoms. The first-order valence-corrected chi connectivity index (χ1v) is 3.61. The van der Waals surface area contributed by atoms with Crippen LogP contribution in [0.3, 0.4) is 0 Å². The lowest BCUT2D eigenvalue weighted by atomic mass is 10.4. The van der Waals surface area contributed by atoms with Crippen LogP contribution in [0.15, 0.2) is 0 Å². The zero-order valence-electron chi connectivity index (χ0n) is 6.67. The zero-order valence-corrected chi connectivity index (χ0v) is 6.67. The van der Waals surface area contributed by atoms with E-state index in [2.05, 4.69) is 0 Å². The van der Waals surface area contributed by atoms with Gasteiger partial charge in [-0.15, -0.1) is 0 Å². The Balaban J connectivity index is 2.97. The Morgan fingerprint density at radius 3 is 2.70 bits per heavy atom. The third-order valence-corrected chi connectivity index (χ3v) is 1.04. The summed E-state index contributed by atoms with van der Waals surface area (Å²) in [4.78, 5) is 0. The fourth-order valence-corrected chi connectivity index (χ4v) is 0.646. The summed E-state index contributed by atoms with van der Waals surface area (Å²) in [7, 11) is 0. The van der Waals surface area contributed by atoms with Gasteiger partial charge in [0.2, 0.25) is 0 Å². The monoisotopic (exact) mass is 148 g/mol. The van der Waals surface area contributed by atoms with Crippen LogP contribution in [0.2, 0.25) is 0 Å². The molecule has 1 unspecified atom stereocenters. The minimum Gasteiger partial charge on any atom is -0.394 e. The van der Waals surface area contributed by atoms with Crippen molar-refractivity contribution >= 4 is 0 Å². The fraction of sp³-hybridized carbons (Fsp3) is 1.00. The highest BCUT2D eigenvalue weighted by Gasteiger charge is 1.98. The highest BCUT2D eigenvalue weighted by Crippen LogP contribution is 1.90. The molecule has 0 amide bonds. The standard InChI is InChI=1S/C7H16O3/c1-3-10-7(2)6-9-5-4-8/h7-8H,3-6H2,1-2H3. The molecule has 1 N–H and O–H groups in total. The van der Waals surface area contributed by atoms with Crippen LogP contribution >= 0.6 is 0 Å². The van der Waals surface area contributed by atoms with E-state index in [1.165, 1.54) is 0 Å². The first-order valence-electron chi connectivity index (χ1n) is 3.61. The molecule has 3 heteroatoms. The molecule has 3 nitrogen and oxygen atoms in total. The van der Waals surface area contributed by atoms with Crippen molar-refractivity contribution < 1.29 is 14.6 Å². The summed E-state index contributed by atoms with van der Waals surface area (Å²) < 4.78 is 10.2. The minimum atomic E-state index is 0.0822. The van der Waals surface area contributed by atoms with Gasteiger partial charge in [0.25, 0.3) is 0 Å². The van der Waals surface area contributed by atoms with Gasteiger partial charge in [-0.25, -0.2) is 0 Å². The Hall–Kier alpha value is -0.120. The van der Waals surface area contributed by atoms with Crippen molar-refractivity contribution in [1.29, 1.82) is 0 Å². The van der Waals surface area contributed by atoms with Crippen molar-refractivity contribution in [3.63, 3.8) is 0 Å². The van der Waals surface area contributed by atoms with Gasteiger partial charge < -0.3 is 14.6 Å². The van der Waals surface area contributed by atoms with E-state index in [1.54, 1.807) is 0 Å². The summed E-state index contributed by atoms with van der Waals surface area (Å²) in [5.74, 6) is 0. The third kappa shape index (κ3) is 6.01. The van der Waals surface area contributed by atoms with E-state index in [1.807, 2.05) is 13.8 Å². The lowest BCUT2D eigenvalue weighted by molar-refractivity contribution is -0.0100. The summed E-state index contributed by atoms with van der Waals surface area (Å²) in [6.45, 7) is 5.65. The second-order valence-corrected chi connectivity index (χ2v) is 2.06. The van der Waals surface area contributed by atoms with Gasteiger partial charge in [-0.3, -0.25) is 0 Å². The number of hydrogen-bond acceptors (Lipinski definition) is 3. The molecule has 0 aliphatic heterocycles. The first kappa shape index (κ1) is 9.88. The van der Waals surface area contributed by atoms with Crippen molar-refractivity contribution in [1.82, 2.24) is 0 Å². The van der Waals surface area contributed by atoms with Gasteiger partial charge in [0, 0.05) is 6.61 Å². The van der Waals surface area contributed by atoms with Crippen LogP contribution in [-0.4, -0.2) is 37.6 Å².